The summed E-state index contributed by atoms with van der Waals surface area (Å²) in [4.78, 5) is 14.4. The predicted octanol–water partition coefficient (Wildman–Crippen LogP) is 8.68. The van der Waals surface area contributed by atoms with Gasteiger partial charge in [0.1, 0.15) is 0 Å². The Kier molecular flexibility index (Phi) is 8.64. The summed E-state index contributed by atoms with van der Waals surface area (Å²) in [6.07, 6.45) is -1.15. The molecule has 0 radical (unpaired) electrons. The van der Waals surface area contributed by atoms with Gasteiger partial charge in [0.25, 0.3) is 0 Å². The van der Waals surface area contributed by atoms with E-state index in [0.29, 0.717) is 21.9 Å². The minimum absolute atomic E-state index is 0.0765. The maximum absolute atomic E-state index is 14.8. The molecule has 0 aromatic heterocycles. The molecule has 0 aliphatic rings. The van der Waals surface area contributed by atoms with Gasteiger partial charge in [-0.1, -0.05) is 120 Å². The third-order valence-electron chi connectivity index (χ3n) is 7.19. The van der Waals surface area contributed by atoms with Crippen molar-refractivity contribution in [2.45, 2.75) is 81.6 Å². The summed E-state index contributed by atoms with van der Waals surface area (Å²) >= 11 is 0. The number of Topliss-reactive ketones (excluding diaryl/α,β-unsaturated/α-hetero) is 1. The van der Waals surface area contributed by atoms with Crippen molar-refractivity contribution < 1.29 is 14.1 Å². The van der Waals surface area contributed by atoms with Crippen LogP contribution in [0.2, 0.25) is 0 Å². The zero-order valence-electron chi connectivity index (χ0n) is 23.2. The average Bonchev–Trinajstić information content (AvgIpc) is 2.91. The highest BCUT2D eigenvalue weighted by Gasteiger charge is 2.28. The van der Waals surface area contributed by atoms with E-state index in [2.05, 4.69) is 53.7 Å². The number of rotatable bonds is 9. The Morgan fingerprint density at radius 1 is 0.711 bits per heavy atom. The first kappa shape index (κ1) is 27.9. The molecule has 1 N–H and O–H groups in total. The van der Waals surface area contributed by atoms with Crippen LogP contribution < -0.4 is 0 Å². The van der Waals surface area contributed by atoms with E-state index < -0.39 is 16.9 Å². The first-order valence-corrected chi connectivity index (χ1v) is 14.6. The molecule has 0 amide bonds. The van der Waals surface area contributed by atoms with Crippen LogP contribution in [0.15, 0.2) is 88.7 Å². The Balaban J connectivity index is 1.92. The quantitative estimate of drug-likeness (QED) is 0.222. The van der Waals surface area contributed by atoms with E-state index in [-0.39, 0.29) is 24.0 Å². The largest absolute Gasteiger partial charge is 0.388 e. The molecule has 0 heterocycles. The van der Waals surface area contributed by atoms with E-state index in [4.69, 9.17) is 0 Å². The van der Waals surface area contributed by atoms with E-state index in [9.17, 15) is 14.1 Å². The lowest BCUT2D eigenvalue weighted by Crippen LogP contribution is -2.13. The Bertz CT molecular complexity index is 1440. The Morgan fingerprint density at radius 3 is 1.87 bits per heavy atom. The Morgan fingerprint density at radius 2 is 1.29 bits per heavy atom. The zero-order valence-corrected chi connectivity index (χ0v) is 24.0. The van der Waals surface area contributed by atoms with Gasteiger partial charge in [-0.2, -0.15) is 0 Å². The molecule has 0 bridgehead atoms. The van der Waals surface area contributed by atoms with Crippen molar-refractivity contribution in [2.24, 2.45) is 0 Å². The second-order valence-electron chi connectivity index (χ2n) is 11.0. The average molecular weight is 527 g/mol. The van der Waals surface area contributed by atoms with Gasteiger partial charge < -0.3 is 5.11 Å². The van der Waals surface area contributed by atoms with Crippen LogP contribution in [0, 0.1) is 0 Å². The smallest absolute Gasteiger partial charge is 0.165 e. The molecular weight excluding hydrogens is 488 g/mol. The van der Waals surface area contributed by atoms with Crippen LogP contribution in [0.25, 0.3) is 10.8 Å². The second-order valence-corrected chi connectivity index (χ2v) is 12.3. The monoisotopic (exact) mass is 526 g/mol. The van der Waals surface area contributed by atoms with Crippen LogP contribution in [0.3, 0.4) is 0 Å². The summed E-state index contributed by atoms with van der Waals surface area (Å²) in [7, 11) is -1.57. The van der Waals surface area contributed by atoms with Gasteiger partial charge in [-0.25, -0.2) is 4.21 Å². The molecule has 4 aromatic carbocycles. The van der Waals surface area contributed by atoms with Crippen LogP contribution in [-0.2, 0) is 10.8 Å². The number of benzene rings is 4. The Labute approximate surface area is 229 Å². The first-order chi connectivity index (χ1) is 18.1. The van der Waals surface area contributed by atoms with E-state index in [1.165, 1.54) is 5.56 Å². The maximum atomic E-state index is 14.8. The Hall–Kier alpha value is -3.08. The summed E-state index contributed by atoms with van der Waals surface area (Å²) in [5.74, 6) is 0.558. The van der Waals surface area contributed by atoms with E-state index in [1.54, 1.807) is 12.1 Å². The molecule has 38 heavy (non-hydrogen) atoms. The highest BCUT2D eigenvalue weighted by atomic mass is 32.2. The lowest BCUT2D eigenvalue weighted by atomic mass is 9.89. The number of aliphatic hydroxyl groups is 1. The van der Waals surface area contributed by atoms with Gasteiger partial charge in [0.2, 0.25) is 0 Å². The van der Waals surface area contributed by atoms with Crippen LogP contribution in [0.5, 0.6) is 0 Å². The normalized spacial score (nSPS) is 13.4. The minimum Gasteiger partial charge on any atom is -0.388 e. The molecule has 0 aliphatic heterocycles. The van der Waals surface area contributed by atoms with Crippen LogP contribution >= 0.6 is 0 Å². The van der Waals surface area contributed by atoms with E-state index >= 15 is 0 Å². The van der Waals surface area contributed by atoms with Crippen molar-refractivity contribution in [3.05, 3.63) is 107 Å². The van der Waals surface area contributed by atoms with Crippen molar-refractivity contribution in [1.82, 2.24) is 0 Å². The van der Waals surface area contributed by atoms with E-state index in [0.717, 1.165) is 26.8 Å². The number of aliphatic hydroxyl groups excluding tert-OH is 1. The molecule has 0 saturated heterocycles. The third-order valence-corrected chi connectivity index (χ3v) is 8.86. The highest BCUT2D eigenvalue weighted by Crippen LogP contribution is 2.40. The molecule has 1 unspecified atom stereocenters. The van der Waals surface area contributed by atoms with Gasteiger partial charge in [-0.15, -0.1) is 0 Å². The standard InChI is InChI=1S/C34H38O3S/c1-21(2)26-18-29(22(3)4)34(30(19-26)23(5)6)38(37)33-27-15-11-10-12-24(27)16-17-28(33)32(36)20-31(35)25-13-8-7-9-14-25/h7-19,21-23,32,36H,20H2,1-6H3/t32-,38?/m0/s1. The molecule has 4 rings (SSSR count). The fraction of sp³-hybridized carbons (Fsp3) is 0.324. The van der Waals surface area contributed by atoms with Crippen molar-refractivity contribution in [3.63, 3.8) is 0 Å². The fourth-order valence-corrected chi connectivity index (χ4v) is 6.99. The van der Waals surface area contributed by atoms with Crippen molar-refractivity contribution in [2.75, 3.05) is 0 Å². The molecule has 0 aliphatic carbocycles. The van der Waals surface area contributed by atoms with Gasteiger partial charge in [-0.05, 0) is 50.8 Å². The van der Waals surface area contributed by atoms with Gasteiger partial charge >= 0.3 is 0 Å². The molecule has 0 saturated carbocycles. The van der Waals surface area contributed by atoms with Gasteiger partial charge in [0, 0.05) is 12.0 Å². The van der Waals surface area contributed by atoms with Crippen molar-refractivity contribution >= 4 is 27.4 Å². The molecule has 0 spiro atoms. The highest BCUT2D eigenvalue weighted by molar-refractivity contribution is 7.85. The minimum atomic E-state index is -1.57. The molecule has 198 valence electrons. The lowest BCUT2D eigenvalue weighted by Gasteiger charge is -2.24. The fourth-order valence-electron chi connectivity index (χ4n) is 4.96. The van der Waals surface area contributed by atoms with E-state index in [1.807, 2.05) is 54.6 Å². The maximum Gasteiger partial charge on any atom is 0.165 e. The topological polar surface area (TPSA) is 54.4 Å². The number of ketones is 1. The van der Waals surface area contributed by atoms with Crippen molar-refractivity contribution in [3.8, 4) is 0 Å². The number of carbonyl (C=O) groups excluding carboxylic acids is 1. The van der Waals surface area contributed by atoms with Crippen molar-refractivity contribution in [1.29, 1.82) is 0 Å². The van der Waals surface area contributed by atoms with Crippen LogP contribution in [-0.4, -0.2) is 15.1 Å². The molecule has 0 fully saturated rings. The predicted molar refractivity (Wildman–Crippen MR) is 158 cm³/mol. The second kappa shape index (κ2) is 11.8. The number of hydrogen-bond donors (Lipinski definition) is 1. The summed E-state index contributed by atoms with van der Waals surface area (Å²) < 4.78 is 14.8. The molecule has 4 aromatic rings. The summed E-state index contributed by atoms with van der Waals surface area (Å²) in [6.45, 7) is 12.9. The molecule has 3 nitrogen and oxygen atoms in total. The summed E-state index contributed by atoms with van der Waals surface area (Å²) in [5.41, 5.74) is 4.50. The van der Waals surface area contributed by atoms with Crippen LogP contribution in [0.4, 0.5) is 0 Å². The number of hydrogen-bond acceptors (Lipinski definition) is 3. The number of carbonyl (C=O) groups is 1. The zero-order chi connectivity index (χ0) is 27.6. The van der Waals surface area contributed by atoms with Gasteiger partial charge in [-0.3, -0.25) is 4.79 Å². The summed E-state index contributed by atoms with van der Waals surface area (Å²) in [5, 5.41) is 13.2. The molecular formula is C34H38O3S. The number of fused-ring (bicyclic) bond motifs is 1. The first-order valence-electron chi connectivity index (χ1n) is 13.5. The van der Waals surface area contributed by atoms with Gasteiger partial charge in [0.05, 0.1) is 26.7 Å². The molecule has 2 atom stereocenters. The SMILES string of the molecule is CC(C)c1cc(C(C)C)c(S(=O)c2c([C@@H](O)CC(=O)c3ccccc3)ccc3ccccc23)c(C(C)C)c1. The lowest BCUT2D eigenvalue weighted by molar-refractivity contribution is 0.0877. The molecule has 4 heteroatoms. The third kappa shape index (κ3) is 5.67. The van der Waals surface area contributed by atoms with Crippen LogP contribution in [0.1, 0.15) is 104 Å². The van der Waals surface area contributed by atoms with Gasteiger partial charge in [0.15, 0.2) is 5.78 Å². The summed E-state index contributed by atoms with van der Waals surface area (Å²) in [6, 6.07) is 25.0.